The Hall–Kier alpha value is -1.76. The summed E-state index contributed by atoms with van der Waals surface area (Å²) in [4.78, 5) is 17.8. The van der Waals surface area contributed by atoms with Crippen molar-refractivity contribution in [3.05, 3.63) is 40.9 Å². The van der Waals surface area contributed by atoms with E-state index in [4.69, 9.17) is 9.84 Å². The van der Waals surface area contributed by atoms with Crippen LogP contribution < -0.4 is 0 Å². The number of aromatic carboxylic acids is 1. The predicted molar refractivity (Wildman–Crippen MR) is 85.3 cm³/mol. The van der Waals surface area contributed by atoms with Crippen LogP contribution in [0.4, 0.5) is 0 Å². The second kappa shape index (κ2) is 6.56. The van der Waals surface area contributed by atoms with Crippen LogP contribution in [0.1, 0.15) is 28.2 Å². The summed E-state index contributed by atoms with van der Waals surface area (Å²) in [6, 6.07) is 8.56. The molecule has 0 unspecified atom stereocenters. The monoisotopic (exact) mass is 318 g/mol. The average Bonchev–Trinajstić information content (AvgIpc) is 3.05. The molecule has 3 rings (SSSR count). The Bertz CT molecular complexity index is 648. The first kappa shape index (κ1) is 15.1. The van der Waals surface area contributed by atoms with Crippen molar-refractivity contribution in [2.75, 3.05) is 26.3 Å². The maximum Gasteiger partial charge on any atom is 0.347 e. The van der Waals surface area contributed by atoms with E-state index >= 15 is 0 Å². The summed E-state index contributed by atoms with van der Waals surface area (Å²) >= 11 is 1.20. The Kier molecular flexibility index (Phi) is 4.52. The molecular weight excluding hydrogens is 300 g/mol. The molecule has 1 aliphatic rings. The molecule has 0 radical (unpaired) electrons. The first-order valence-corrected chi connectivity index (χ1v) is 8.08. The molecule has 1 aliphatic heterocycles. The van der Waals surface area contributed by atoms with Crippen molar-refractivity contribution in [2.45, 2.75) is 13.0 Å². The Labute approximate surface area is 133 Å². The second-order valence-electron chi connectivity index (χ2n) is 5.28. The molecule has 0 aliphatic carbocycles. The highest BCUT2D eigenvalue weighted by atomic mass is 32.1. The van der Waals surface area contributed by atoms with Gasteiger partial charge in [-0.2, -0.15) is 0 Å². The summed E-state index contributed by atoms with van der Waals surface area (Å²) in [6.07, 6.45) is 1.41. The Morgan fingerprint density at radius 2 is 2.00 bits per heavy atom. The molecule has 5 nitrogen and oxygen atoms in total. The molecule has 1 fully saturated rings. The lowest BCUT2D eigenvalue weighted by Gasteiger charge is -2.32. The van der Waals surface area contributed by atoms with Crippen molar-refractivity contribution in [2.24, 2.45) is 0 Å². The van der Waals surface area contributed by atoms with Gasteiger partial charge < -0.3 is 9.84 Å². The lowest BCUT2D eigenvalue weighted by atomic mass is 10.0. The van der Waals surface area contributed by atoms with E-state index in [9.17, 15) is 4.79 Å². The number of carboxylic acid groups (broad SMARTS) is 1. The minimum Gasteiger partial charge on any atom is -0.477 e. The molecule has 2 heterocycles. The van der Waals surface area contributed by atoms with Gasteiger partial charge in [0, 0.05) is 24.7 Å². The summed E-state index contributed by atoms with van der Waals surface area (Å²) < 4.78 is 5.39. The number of benzene rings is 1. The van der Waals surface area contributed by atoms with Gasteiger partial charge in [0.15, 0.2) is 0 Å². The van der Waals surface area contributed by atoms with Gasteiger partial charge in [0.2, 0.25) is 0 Å². The highest BCUT2D eigenvalue weighted by molar-refractivity contribution is 7.16. The van der Waals surface area contributed by atoms with Crippen LogP contribution >= 0.6 is 11.3 Å². The number of aromatic nitrogens is 1. The molecule has 0 saturated carbocycles. The van der Waals surface area contributed by atoms with Crippen LogP contribution in [0, 0.1) is 0 Å². The van der Waals surface area contributed by atoms with Crippen molar-refractivity contribution in [1.82, 2.24) is 9.88 Å². The number of thiazole rings is 1. The second-order valence-corrected chi connectivity index (χ2v) is 6.31. The fourth-order valence-electron chi connectivity index (χ4n) is 2.59. The predicted octanol–water partition coefficient (Wildman–Crippen LogP) is 2.90. The van der Waals surface area contributed by atoms with Gasteiger partial charge in [0.05, 0.1) is 19.4 Å². The van der Waals surface area contributed by atoms with E-state index in [1.54, 1.807) is 0 Å². The third-order valence-electron chi connectivity index (χ3n) is 3.95. The summed E-state index contributed by atoms with van der Waals surface area (Å²) in [6.45, 7) is 5.69. The van der Waals surface area contributed by atoms with Crippen LogP contribution in [0.25, 0.3) is 10.6 Å². The smallest absolute Gasteiger partial charge is 0.347 e. The molecule has 0 spiro atoms. The van der Waals surface area contributed by atoms with Gasteiger partial charge in [-0.1, -0.05) is 24.3 Å². The maximum atomic E-state index is 10.9. The van der Waals surface area contributed by atoms with Crippen molar-refractivity contribution in [3.63, 3.8) is 0 Å². The number of carboxylic acids is 1. The number of nitrogens with zero attached hydrogens (tertiary/aromatic N) is 2. The number of hydrogen-bond donors (Lipinski definition) is 1. The molecule has 1 saturated heterocycles. The van der Waals surface area contributed by atoms with Gasteiger partial charge >= 0.3 is 5.97 Å². The minimum atomic E-state index is -0.929. The average molecular weight is 318 g/mol. The van der Waals surface area contributed by atoms with Crippen LogP contribution in [-0.4, -0.2) is 47.3 Å². The Morgan fingerprint density at radius 3 is 2.59 bits per heavy atom. The maximum absolute atomic E-state index is 10.9. The van der Waals surface area contributed by atoms with E-state index in [0.717, 1.165) is 36.9 Å². The van der Waals surface area contributed by atoms with Crippen molar-refractivity contribution < 1.29 is 14.6 Å². The zero-order valence-electron chi connectivity index (χ0n) is 12.4. The number of ether oxygens (including phenoxy) is 1. The van der Waals surface area contributed by atoms with Crippen LogP contribution in [0.2, 0.25) is 0 Å². The molecule has 1 aromatic heterocycles. The zero-order valence-corrected chi connectivity index (χ0v) is 13.2. The molecule has 116 valence electrons. The Balaban J connectivity index is 1.75. The third kappa shape index (κ3) is 3.19. The molecule has 0 bridgehead atoms. The molecular formula is C16H18N2O3S. The number of rotatable bonds is 4. The van der Waals surface area contributed by atoms with Gasteiger partial charge in [-0.25, -0.2) is 9.78 Å². The fraction of sp³-hybridized carbons (Fsp3) is 0.375. The topological polar surface area (TPSA) is 62.7 Å². The molecule has 1 N–H and O–H groups in total. The summed E-state index contributed by atoms with van der Waals surface area (Å²) in [5, 5.41) is 9.70. The highest BCUT2D eigenvalue weighted by Crippen LogP contribution is 2.28. The molecule has 1 atom stereocenters. The van der Waals surface area contributed by atoms with Gasteiger partial charge in [-0.15, -0.1) is 11.3 Å². The molecule has 0 amide bonds. The summed E-state index contributed by atoms with van der Waals surface area (Å²) in [5.74, 6) is -0.929. The largest absolute Gasteiger partial charge is 0.477 e. The lowest BCUT2D eigenvalue weighted by Crippen LogP contribution is -2.37. The van der Waals surface area contributed by atoms with Gasteiger partial charge in [-0.3, -0.25) is 4.90 Å². The van der Waals surface area contributed by atoms with Crippen molar-refractivity contribution in [3.8, 4) is 10.6 Å². The number of hydrogen-bond acceptors (Lipinski definition) is 5. The fourth-order valence-corrected chi connectivity index (χ4v) is 3.35. The number of morpholine rings is 1. The van der Waals surface area contributed by atoms with Gasteiger partial charge in [-0.05, 0) is 12.5 Å². The third-order valence-corrected chi connectivity index (χ3v) is 4.98. The van der Waals surface area contributed by atoms with E-state index < -0.39 is 5.97 Å². The van der Waals surface area contributed by atoms with E-state index in [0.29, 0.717) is 6.04 Å². The number of carbonyl (C=O) groups is 1. The first-order chi connectivity index (χ1) is 10.6. The van der Waals surface area contributed by atoms with Crippen molar-refractivity contribution >= 4 is 17.3 Å². The summed E-state index contributed by atoms with van der Waals surface area (Å²) in [5.41, 5.74) is 2.20. The first-order valence-electron chi connectivity index (χ1n) is 7.26. The molecule has 6 heteroatoms. The van der Waals surface area contributed by atoms with E-state index in [1.165, 1.54) is 23.1 Å². The molecule has 1 aromatic carbocycles. The van der Waals surface area contributed by atoms with Crippen LogP contribution in [0.5, 0.6) is 0 Å². The standard InChI is InChI=1S/C16H18N2O3S/c1-11(18-6-8-21-9-7-18)12-2-4-13(5-3-12)15-17-10-14(22-15)16(19)20/h2-5,10-11H,6-9H2,1H3,(H,19,20)/t11-/m0/s1. The molecule has 2 aromatic rings. The lowest BCUT2D eigenvalue weighted by molar-refractivity contribution is 0.0198. The normalized spacial score (nSPS) is 17.3. The van der Waals surface area contributed by atoms with Crippen LogP contribution in [0.3, 0.4) is 0 Å². The van der Waals surface area contributed by atoms with Gasteiger partial charge in [0.1, 0.15) is 9.88 Å². The van der Waals surface area contributed by atoms with Crippen molar-refractivity contribution in [1.29, 1.82) is 0 Å². The summed E-state index contributed by atoms with van der Waals surface area (Å²) in [7, 11) is 0. The van der Waals surface area contributed by atoms with Gasteiger partial charge in [0.25, 0.3) is 0 Å². The van der Waals surface area contributed by atoms with Crippen LogP contribution in [0.15, 0.2) is 30.5 Å². The van der Waals surface area contributed by atoms with E-state index in [1.807, 2.05) is 12.1 Å². The van der Waals surface area contributed by atoms with E-state index in [-0.39, 0.29) is 4.88 Å². The Morgan fingerprint density at radius 1 is 1.32 bits per heavy atom. The SMILES string of the molecule is C[C@@H](c1ccc(-c2ncc(C(=O)O)s2)cc1)N1CCOCC1. The quantitative estimate of drug-likeness (QED) is 0.939. The molecule has 22 heavy (non-hydrogen) atoms. The van der Waals surface area contributed by atoms with E-state index in [2.05, 4.69) is 28.9 Å². The highest BCUT2D eigenvalue weighted by Gasteiger charge is 2.18. The van der Waals surface area contributed by atoms with Crippen LogP contribution in [-0.2, 0) is 4.74 Å². The zero-order chi connectivity index (χ0) is 15.5. The minimum absolute atomic E-state index is 0.265.